The van der Waals surface area contributed by atoms with Crippen molar-refractivity contribution in [2.75, 3.05) is 6.54 Å². The Morgan fingerprint density at radius 1 is 1.04 bits per heavy atom. The molecule has 5 amide bonds. The van der Waals surface area contributed by atoms with E-state index < -0.39 is 30.3 Å². The van der Waals surface area contributed by atoms with Crippen LogP contribution in [0.2, 0.25) is 0 Å². The molecule has 7 heteroatoms. The molecule has 2 fully saturated rings. The predicted molar refractivity (Wildman–Crippen MR) is 93.7 cm³/mol. The summed E-state index contributed by atoms with van der Waals surface area (Å²) >= 11 is 0. The van der Waals surface area contributed by atoms with E-state index in [9.17, 15) is 19.2 Å². The number of imide groups is 2. The summed E-state index contributed by atoms with van der Waals surface area (Å²) < 4.78 is 0. The maximum Gasteiger partial charge on any atom is 0.335 e. The third kappa shape index (κ3) is 3.76. The molecule has 1 aliphatic heterocycles. The number of carbonyl (C=O) groups is 4. The zero-order valence-corrected chi connectivity index (χ0v) is 14.8. The minimum Gasteiger partial charge on any atom is -0.352 e. The molecule has 0 radical (unpaired) electrons. The average molecular weight is 357 g/mol. The van der Waals surface area contributed by atoms with Gasteiger partial charge in [-0.25, -0.2) is 9.69 Å². The molecule has 0 unspecified atom stereocenters. The Labute approximate surface area is 152 Å². The summed E-state index contributed by atoms with van der Waals surface area (Å²) in [4.78, 5) is 50.6. The summed E-state index contributed by atoms with van der Waals surface area (Å²) in [5.74, 6) is -1.87. The van der Waals surface area contributed by atoms with Gasteiger partial charge in [0.2, 0.25) is 5.91 Å². The second-order valence-electron chi connectivity index (χ2n) is 6.99. The summed E-state index contributed by atoms with van der Waals surface area (Å²) in [5, 5.41) is 2.90. The van der Waals surface area contributed by atoms with Crippen LogP contribution in [0.4, 0.5) is 4.79 Å². The van der Waals surface area contributed by atoms with E-state index in [0.717, 1.165) is 41.0 Å². The van der Waals surface area contributed by atoms with Gasteiger partial charge in [0, 0.05) is 6.04 Å². The van der Waals surface area contributed by atoms with Crippen molar-refractivity contribution in [2.24, 2.45) is 5.92 Å². The molecule has 0 aromatic heterocycles. The SMILES string of the molecule is C[C@@H]1CCCC[C@H]1NC(=O)CN1C(=O)C(=O)N(Cc2ccccc2)C1=O. The molecule has 1 aromatic carbocycles. The van der Waals surface area contributed by atoms with Crippen LogP contribution in [0, 0.1) is 5.92 Å². The highest BCUT2D eigenvalue weighted by atomic mass is 16.2. The lowest BCUT2D eigenvalue weighted by Gasteiger charge is -2.29. The van der Waals surface area contributed by atoms with Gasteiger partial charge in [-0.1, -0.05) is 50.1 Å². The Kier molecular flexibility index (Phi) is 5.35. The quantitative estimate of drug-likeness (QED) is 0.641. The standard InChI is InChI=1S/C19H23N3O4/c1-13-7-5-6-10-15(13)20-16(23)12-22-18(25)17(24)21(19(22)26)11-14-8-3-2-4-9-14/h2-4,8-9,13,15H,5-7,10-12H2,1H3,(H,20,23)/t13-,15-/m1/s1. The van der Waals surface area contributed by atoms with Crippen molar-refractivity contribution in [3.05, 3.63) is 35.9 Å². The van der Waals surface area contributed by atoms with Crippen molar-refractivity contribution in [1.29, 1.82) is 0 Å². The van der Waals surface area contributed by atoms with E-state index in [1.165, 1.54) is 0 Å². The summed E-state index contributed by atoms with van der Waals surface area (Å²) in [6.07, 6.45) is 4.16. The van der Waals surface area contributed by atoms with E-state index in [-0.39, 0.29) is 12.6 Å². The molecule has 7 nitrogen and oxygen atoms in total. The molecule has 1 saturated carbocycles. The van der Waals surface area contributed by atoms with E-state index in [1.54, 1.807) is 24.3 Å². The van der Waals surface area contributed by atoms with Crippen LogP contribution in [0.25, 0.3) is 0 Å². The number of hydrogen-bond donors (Lipinski definition) is 1. The van der Waals surface area contributed by atoms with Crippen molar-refractivity contribution in [3.8, 4) is 0 Å². The molecular formula is C19H23N3O4. The van der Waals surface area contributed by atoms with Gasteiger partial charge in [0.25, 0.3) is 0 Å². The predicted octanol–water partition coefficient (Wildman–Crippen LogP) is 1.67. The van der Waals surface area contributed by atoms with Crippen LogP contribution in [-0.4, -0.2) is 46.1 Å². The van der Waals surface area contributed by atoms with Crippen LogP contribution in [-0.2, 0) is 20.9 Å². The Bertz CT molecular complexity index is 719. The van der Waals surface area contributed by atoms with Crippen molar-refractivity contribution < 1.29 is 19.2 Å². The van der Waals surface area contributed by atoms with Gasteiger partial charge in [-0.2, -0.15) is 0 Å². The summed E-state index contributed by atoms with van der Waals surface area (Å²) in [6, 6.07) is 8.26. The highest BCUT2D eigenvalue weighted by molar-refractivity contribution is 6.44. The third-order valence-electron chi connectivity index (χ3n) is 5.08. The van der Waals surface area contributed by atoms with Gasteiger partial charge in [0.05, 0.1) is 6.54 Å². The third-order valence-corrected chi connectivity index (χ3v) is 5.08. The molecule has 138 valence electrons. The van der Waals surface area contributed by atoms with Crippen molar-refractivity contribution in [3.63, 3.8) is 0 Å². The average Bonchev–Trinajstić information content (AvgIpc) is 2.83. The number of rotatable bonds is 5. The molecule has 1 aromatic rings. The maximum absolute atomic E-state index is 12.5. The second kappa shape index (κ2) is 7.68. The number of hydrogen-bond acceptors (Lipinski definition) is 4. The van der Waals surface area contributed by atoms with E-state index in [1.807, 2.05) is 6.07 Å². The molecule has 0 bridgehead atoms. The van der Waals surface area contributed by atoms with Gasteiger partial charge in [-0.05, 0) is 24.3 Å². The van der Waals surface area contributed by atoms with Crippen molar-refractivity contribution in [2.45, 2.75) is 45.2 Å². The molecule has 1 saturated heterocycles. The number of nitrogens with one attached hydrogen (secondary N) is 1. The highest BCUT2D eigenvalue weighted by Crippen LogP contribution is 2.23. The monoisotopic (exact) mass is 357 g/mol. The Hall–Kier alpha value is -2.70. The molecule has 1 N–H and O–H groups in total. The summed E-state index contributed by atoms with van der Waals surface area (Å²) in [6.45, 7) is 1.68. The number of carbonyl (C=O) groups excluding carboxylic acids is 4. The lowest BCUT2D eigenvalue weighted by Crippen LogP contribution is -2.47. The van der Waals surface area contributed by atoms with Crippen LogP contribution >= 0.6 is 0 Å². The number of benzene rings is 1. The van der Waals surface area contributed by atoms with Gasteiger partial charge < -0.3 is 5.32 Å². The van der Waals surface area contributed by atoms with Crippen LogP contribution in [0.5, 0.6) is 0 Å². The number of nitrogens with zero attached hydrogens (tertiary/aromatic N) is 2. The largest absolute Gasteiger partial charge is 0.352 e. The zero-order chi connectivity index (χ0) is 18.7. The minimum absolute atomic E-state index is 0.0159. The smallest absolute Gasteiger partial charge is 0.335 e. The van der Waals surface area contributed by atoms with E-state index in [2.05, 4.69) is 12.2 Å². The first-order chi connectivity index (χ1) is 12.5. The molecule has 1 heterocycles. The van der Waals surface area contributed by atoms with Crippen molar-refractivity contribution in [1.82, 2.24) is 15.1 Å². The van der Waals surface area contributed by atoms with Crippen LogP contribution < -0.4 is 5.32 Å². The van der Waals surface area contributed by atoms with Gasteiger partial charge >= 0.3 is 17.8 Å². The minimum atomic E-state index is -0.947. The topological polar surface area (TPSA) is 86.8 Å². The first-order valence-corrected chi connectivity index (χ1v) is 8.98. The molecule has 2 atom stereocenters. The lowest BCUT2D eigenvalue weighted by atomic mass is 9.86. The van der Waals surface area contributed by atoms with Gasteiger partial charge in [-0.15, -0.1) is 0 Å². The fourth-order valence-corrected chi connectivity index (χ4v) is 3.52. The van der Waals surface area contributed by atoms with Crippen molar-refractivity contribution >= 4 is 23.8 Å². The Balaban J connectivity index is 1.62. The zero-order valence-electron chi connectivity index (χ0n) is 14.8. The Morgan fingerprint density at radius 2 is 1.69 bits per heavy atom. The normalized spacial score (nSPS) is 23.5. The Morgan fingerprint density at radius 3 is 2.38 bits per heavy atom. The maximum atomic E-state index is 12.5. The molecule has 3 rings (SSSR count). The second-order valence-corrected chi connectivity index (χ2v) is 6.99. The highest BCUT2D eigenvalue weighted by Gasteiger charge is 2.45. The van der Waals surface area contributed by atoms with Gasteiger partial charge in [0.15, 0.2) is 0 Å². The van der Waals surface area contributed by atoms with Gasteiger partial charge in [-0.3, -0.25) is 19.3 Å². The number of amides is 5. The fraction of sp³-hybridized carbons (Fsp3) is 0.474. The first kappa shape index (κ1) is 18.1. The molecule has 26 heavy (non-hydrogen) atoms. The molecule has 1 aliphatic carbocycles. The van der Waals surface area contributed by atoms with E-state index >= 15 is 0 Å². The van der Waals surface area contributed by atoms with Crippen LogP contribution in [0.15, 0.2) is 30.3 Å². The molecular weight excluding hydrogens is 334 g/mol. The lowest BCUT2D eigenvalue weighted by molar-refractivity contribution is -0.144. The summed E-state index contributed by atoms with van der Waals surface area (Å²) in [7, 11) is 0. The fourth-order valence-electron chi connectivity index (χ4n) is 3.52. The van der Waals surface area contributed by atoms with Crippen LogP contribution in [0.3, 0.4) is 0 Å². The van der Waals surface area contributed by atoms with E-state index in [0.29, 0.717) is 5.92 Å². The van der Waals surface area contributed by atoms with Crippen LogP contribution in [0.1, 0.15) is 38.2 Å². The first-order valence-electron chi connectivity index (χ1n) is 8.98. The molecule has 2 aliphatic rings. The van der Waals surface area contributed by atoms with E-state index in [4.69, 9.17) is 0 Å². The van der Waals surface area contributed by atoms with Gasteiger partial charge in [0.1, 0.15) is 6.54 Å². The summed E-state index contributed by atoms with van der Waals surface area (Å²) in [5.41, 5.74) is 0.740. The number of urea groups is 1. The molecule has 0 spiro atoms.